The van der Waals surface area contributed by atoms with Crippen molar-refractivity contribution in [2.24, 2.45) is 0 Å². The summed E-state index contributed by atoms with van der Waals surface area (Å²) in [5.41, 5.74) is -0.702. The van der Waals surface area contributed by atoms with E-state index in [4.69, 9.17) is 5.26 Å². The van der Waals surface area contributed by atoms with E-state index in [0.717, 1.165) is 24.5 Å². The first-order valence-corrected chi connectivity index (χ1v) is 6.80. The molecule has 0 saturated heterocycles. The number of hydrogen-bond acceptors (Lipinski definition) is 6. The van der Waals surface area contributed by atoms with Gasteiger partial charge in [-0.2, -0.15) is 5.26 Å². The highest BCUT2D eigenvalue weighted by atomic mass is 32.2. The van der Waals surface area contributed by atoms with Crippen LogP contribution in [-0.2, 0) is 14.6 Å². The molecule has 0 heterocycles. The minimum absolute atomic E-state index is 0.155. The largest absolute Gasteiger partial charge is 0.319 e. The third-order valence-electron chi connectivity index (χ3n) is 2.11. The van der Waals surface area contributed by atoms with Gasteiger partial charge in [0, 0.05) is 12.3 Å². The lowest BCUT2D eigenvalue weighted by Gasteiger charge is -2.05. The van der Waals surface area contributed by atoms with Gasteiger partial charge in [-0.05, 0) is 12.1 Å². The molecule has 100 valence electrons. The number of rotatable bonds is 4. The van der Waals surface area contributed by atoms with Crippen molar-refractivity contribution in [2.75, 3.05) is 11.6 Å². The second kappa shape index (κ2) is 5.45. The Balaban J connectivity index is 3.24. The van der Waals surface area contributed by atoms with Crippen LogP contribution in [0.2, 0.25) is 0 Å². The molecular formula is C10H9N3O5S. The molecule has 8 nitrogen and oxygen atoms in total. The number of benzene rings is 1. The number of carbonyl (C=O) groups is 1. The van der Waals surface area contributed by atoms with Crippen molar-refractivity contribution in [3.05, 3.63) is 28.3 Å². The second-order valence-electron chi connectivity index (χ2n) is 3.59. The van der Waals surface area contributed by atoms with Crippen molar-refractivity contribution in [2.45, 2.75) is 11.3 Å². The van der Waals surface area contributed by atoms with Crippen LogP contribution in [0.3, 0.4) is 0 Å². The number of nitro benzene ring substituents is 1. The molecule has 1 amide bonds. The number of amides is 1. The number of nitrogens with zero attached hydrogens (tertiary/aromatic N) is 2. The van der Waals surface area contributed by atoms with Crippen molar-refractivity contribution >= 4 is 27.1 Å². The molecule has 0 aromatic heterocycles. The Morgan fingerprint density at radius 2 is 2.16 bits per heavy atom. The Bertz CT molecular complexity index is 675. The molecule has 1 rings (SSSR count). The summed E-state index contributed by atoms with van der Waals surface area (Å²) in [7, 11) is -3.58. The average Bonchev–Trinajstić information content (AvgIpc) is 2.27. The molecular weight excluding hydrogens is 274 g/mol. The smallest absolute Gasteiger partial charge is 0.294 e. The van der Waals surface area contributed by atoms with Crippen LogP contribution in [0.5, 0.6) is 0 Å². The Labute approximate surface area is 108 Å². The zero-order valence-corrected chi connectivity index (χ0v) is 10.6. The molecule has 0 aliphatic carbocycles. The second-order valence-corrected chi connectivity index (χ2v) is 5.61. The van der Waals surface area contributed by atoms with Crippen LogP contribution >= 0.6 is 0 Å². The molecule has 1 N–H and O–H groups in total. The fourth-order valence-corrected chi connectivity index (χ4v) is 1.91. The van der Waals surface area contributed by atoms with E-state index in [1.807, 2.05) is 0 Å². The average molecular weight is 283 g/mol. The van der Waals surface area contributed by atoms with Gasteiger partial charge in [-0.1, -0.05) is 0 Å². The van der Waals surface area contributed by atoms with Crippen molar-refractivity contribution in [1.29, 1.82) is 5.26 Å². The molecule has 1 aromatic rings. The number of nitriles is 1. The molecule has 0 spiro atoms. The monoisotopic (exact) mass is 283 g/mol. The SMILES string of the molecule is CS(=O)(=O)c1ccc(NC(=O)CC#N)c([N+](=O)[O-])c1. The van der Waals surface area contributed by atoms with Gasteiger partial charge < -0.3 is 5.32 Å². The van der Waals surface area contributed by atoms with Gasteiger partial charge in [0.1, 0.15) is 12.1 Å². The Morgan fingerprint density at radius 3 is 2.63 bits per heavy atom. The lowest BCUT2D eigenvalue weighted by atomic mass is 10.2. The van der Waals surface area contributed by atoms with E-state index in [1.54, 1.807) is 6.07 Å². The van der Waals surface area contributed by atoms with Crippen LogP contribution in [0.4, 0.5) is 11.4 Å². The summed E-state index contributed by atoms with van der Waals surface area (Å²) in [4.78, 5) is 21.0. The van der Waals surface area contributed by atoms with E-state index in [1.165, 1.54) is 0 Å². The van der Waals surface area contributed by atoms with Crippen molar-refractivity contribution < 1.29 is 18.1 Å². The standard InChI is InChI=1S/C10H9N3O5S/c1-19(17,18)7-2-3-8(9(6-7)13(15)16)12-10(14)4-5-11/h2-3,6H,4H2,1H3,(H,12,14). The van der Waals surface area contributed by atoms with E-state index >= 15 is 0 Å². The first-order chi connectivity index (χ1) is 8.75. The number of anilines is 1. The van der Waals surface area contributed by atoms with Gasteiger partial charge in [0.25, 0.3) is 5.69 Å². The van der Waals surface area contributed by atoms with Crippen LogP contribution in [0.15, 0.2) is 23.1 Å². The summed E-state index contributed by atoms with van der Waals surface area (Å²) in [6, 6.07) is 4.71. The molecule has 1 aromatic carbocycles. The first kappa shape index (κ1) is 14.6. The van der Waals surface area contributed by atoms with E-state index in [9.17, 15) is 23.3 Å². The Morgan fingerprint density at radius 1 is 1.53 bits per heavy atom. The van der Waals surface area contributed by atoms with E-state index in [0.29, 0.717) is 0 Å². The molecule has 0 bridgehead atoms. The predicted molar refractivity (Wildman–Crippen MR) is 65.1 cm³/mol. The molecule has 0 atom stereocenters. The van der Waals surface area contributed by atoms with E-state index < -0.39 is 32.8 Å². The zero-order valence-electron chi connectivity index (χ0n) is 9.78. The van der Waals surface area contributed by atoms with Crippen molar-refractivity contribution in [3.8, 4) is 6.07 Å². The molecule has 19 heavy (non-hydrogen) atoms. The minimum Gasteiger partial charge on any atom is -0.319 e. The van der Waals surface area contributed by atoms with Gasteiger partial charge in [-0.25, -0.2) is 8.42 Å². The minimum atomic E-state index is -3.58. The van der Waals surface area contributed by atoms with Crippen LogP contribution in [0.25, 0.3) is 0 Å². The van der Waals surface area contributed by atoms with Crippen LogP contribution in [0.1, 0.15) is 6.42 Å². The number of carbonyl (C=O) groups excluding carboxylic acids is 1. The van der Waals surface area contributed by atoms with Gasteiger partial charge in [-0.15, -0.1) is 0 Å². The maximum Gasteiger partial charge on any atom is 0.294 e. The lowest BCUT2D eigenvalue weighted by Crippen LogP contribution is -2.12. The fourth-order valence-electron chi connectivity index (χ4n) is 1.27. The number of nitrogens with one attached hydrogen (secondary N) is 1. The van der Waals surface area contributed by atoms with Crippen LogP contribution in [0, 0.1) is 21.4 Å². The van der Waals surface area contributed by atoms with Gasteiger partial charge in [0.2, 0.25) is 5.91 Å². The third-order valence-corrected chi connectivity index (χ3v) is 3.22. The highest BCUT2D eigenvalue weighted by Crippen LogP contribution is 2.27. The molecule has 0 aliphatic heterocycles. The summed E-state index contributed by atoms with van der Waals surface area (Å²) < 4.78 is 22.6. The molecule has 0 aliphatic rings. The quantitative estimate of drug-likeness (QED) is 0.643. The molecule has 0 radical (unpaired) electrons. The Kier molecular flexibility index (Phi) is 4.18. The van der Waals surface area contributed by atoms with Gasteiger partial charge in [0.05, 0.1) is 15.9 Å². The molecule has 0 unspecified atom stereocenters. The summed E-state index contributed by atoms with van der Waals surface area (Å²) >= 11 is 0. The molecule has 9 heteroatoms. The normalized spacial score (nSPS) is 10.5. The lowest BCUT2D eigenvalue weighted by molar-refractivity contribution is -0.384. The summed E-state index contributed by atoms with van der Waals surface area (Å²) in [5, 5.41) is 21.3. The van der Waals surface area contributed by atoms with E-state index in [-0.39, 0.29) is 10.6 Å². The highest BCUT2D eigenvalue weighted by molar-refractivity contribution is 7.90. The van der Waals surface area contributed by atoms with Crippen LogP contribution in [-0.4, -0.2) is 25.5 Å². The summed E-state index contributed by atoms with van der Waals surface area (Å²) in [6.45, 7) is 0. The maximum atomic E-state index is 11.3. The number of nitro groups is 1. The van der Waals surface area contributed by atoms with Gasteiger partial charge in [-0.3, -0.25) is 14.9 Å². The van der Waals surface area contributed by atoms with Gasteiger partial charge in [0.15, 0.2) is 9.84 Å². The molecule has 0 saturated carbocycles. The predicted octanol–water partition coefficient (Wildman–Crippen LogP) is 0.850. The van der Waals surface area contributed by atoms with E-state index in [2.05, 4.69) is 5.32 Å². The fraction of sp³-hybridized carbons (Fsp3) is 0.200. The topological polar surface area (TPSA) is 130 Å². The molecule has 0 fully saturated rings. The number of hydrogen-bond donors (Lipinski definition) is 1. The van der Waals surface area contributed by atoms with Crippen LogP contribution < -0.4 is 5.32 Å². The van der Waals surface area contributed by atoms with Gasteiger partial charge >= 0.3 is 0 Å². The first-order valence-electron chi connectivity index (χ1n) is 4.91. The highest BCUT2D eigenvalue weighted by Gasteiger charge is 2.19. The maximum absolute atomic E-state index is 11.3. The summed E-state index contributed by atoms with van der Waals surface area (Å²) in [6.07, 6.45) is 0.463. The Hall–Kier alpha value is -2.47. The third kappa shape index (κ3) is 3.75. The zero-order chi connectivity index (χ0) is 14.6. The number of sulfone groups is 1. The van der Waals surface area contributed by atoms with Crippen molar-refractivity contribution in [1.82, 2.24) is 0 Å². The summed E-state index contributed by atoms with van der Waals surface area (Å²) in [5.74, 6) is -0.710. The van der Waals surface area contributed by atoms with Crippen molar-refractivity contribution in [3.63, 3.8) is 0 Å².